The summed E-state index contributed by atoms with van der Waals surface area (Å²) in [5.74, 6) is 0. The van der Waals surface area contributed by atoms with E-state index in [2.05, 4.69) is 82.1 Å². The van der Waals surface area contributed by atoms with E-state index in [0.29, 0.717) is 0 Å². The standard InChI is InChI=1S/C21H22/c1-6-17-8-12-19(13-9-17)21(5,16(3)4)20-14-10-18(7-2)11-15-20/h6-15H,1-3H2,4-5H3. The molecule has 0 aliphatic carbocycles. The first-order chi connectivity index (χ1) is 10.0. The van der Waals surface area contributed by atoms with Gasteiger partial charge in [-0.15, -0.1) is 0 Å². The van der Waals surface area contributed by atoms with Gasteiger partial charge >= 0.3 is 0 Å². The van der Waals surface area contributed by atoms with Gasteiger partial charge < -0.3 is 0 Å². The Morgan fingerprint density at radius 3 is 1.38 bits per heavy atom. The summed E-state index contributed by atoms with van der Waals surface area (Å²) in [6, 6.07) is 17.0. The van der Waals surface area contributed by atoms with Gasteiger partial charge in [0.2, 0.25) is 0 Å². The minimum Gasteiger partial charge on any atom is -0.0989 e. The second kappa shape index (κ2) is 5.97. The van der Waals surface area contributed by atoms with Crippen molar-refractivity contribution in [1.82, 2.24) is 0 Å². The minimum atomic E-state index is -0.195. The fraction of sp³-hybridized carbons (Fsp3) is 0.143. The largest absolute Gasteiger partial charge is 0.0989 e. The van der Waals surface area contributed by atoms with Gasteiger partial charge in [0.25, 0.3) is 0 Å². The molecule has 0 spiro atoms. The molecule has 2 aromatic carbocycles. The smallest absolute Gasteiger partial charge is 0.0377 e. The normalized spacial score (nSPS) is 11.0. The lowest BCUT2D eigenvalue weighted by Crippen LogP contribution is -2.24. The Labute approximate surface area is 128 Å². The molecule has 0 saturated heterocycles. The van der Waals surface area contributed by atoms with E-state index in [0.717, 1.165) is 16.7 Å². The molecule has 0 nitrogen and oxygen atoms in total. The van der Waals surface area contributed by atoms with Crippen molar-refractivity contribution in [3.63, 3.8) is 0 Å². The van der Waals surface area contributed by atoms with E-state index in [1.165, 1.54) is 11.1 Å². The third-order valence-corrected chi connectivity index (χ3v) is 4.30. The molecule has 0 unspecified atom stereocenters. The molecule has 0 aliphatic rings. The number of allylic oxidation sites excluding steroid dienone is 1. The van der Waals surface area contributed by atoms with E-state index < -0.39 is 0 Å². The zero-order chi connectivity index (χ0) is 15.5. The highest BCUT2D eigenvalue weighted by atomic mass is 14.3. The molecule has 0 aromatic heterocycles. The van der Waals surface area contributed by atoms with Gasteiger partial charge in [-0.2, -0.15) is 0 Å². The van der Waals surface area contributed by atoms with Crippen molar-refractivity contribution < 1.29 is 0 Å². The van der Waals surface area contributed by atoms with Crippen LogP contribution < -0.4 is 0 Å². The SMILES string of the molecule is C=Cc1ccc(C(C)(C(=C)C)c2ccc(C=C)cc2)cc1. The Kier molecular flexibility index (Phi) is 4.28. The van der Waals surface area contributed by atoms with Crippen LogP contribution in [0.4, 0.5) is 0 Å². The highest BCUT2D eigenvalue weighted by molar-refractivity contribution is 5.54. The van der Waals surface area contributed by atoms with E-state index in [1.54, 1.807) is 0 Å². The molecule has 0 N–H and O–H groups in total. The molecule has 0 aliphatic heterocycles. The summed E-state index contributed by atoms with van der Waals surface area (Å²) < 4.78 is 0. The van der Waals surface area contributed by atoms with Crippen LogP contribution in [0.5, 0.6) is 0 Å². The molecule has 0 bridgehead atoms. The lowest BCUT2D eigenvalue weighted by Gasteiger charge is -2.32. The Bertz CT molecular complexity index is 603. The number of rotatable bonds is 5. The fourth-order valence-electron chi connectivity index (χ4n) is 2.56. The van der Waals surface area contributed by atoms with Gasteiger partial charge in [0.15, 0.2) is 0 Å². The number of benzene rings is 2. The summed E-state index contributed by atoms with van der Waals surface area (Å²) in [6.07, 6.45) is 3.72. The highest BCUT2D eigenvalue weighted by Crippen LogP contribution is 2.38. The molecule has 0 atom stereocenters. The van der Waals surface area contributed by atoms with Crippen LogP contribution in [0, 0.1) is 0 Å². The first kappa shape index (κ1) is 15.1. The molecule has 0 heterocycles. The minimum absolute atomic E-state index is 0.195. The van der Waals surface area contributed by atoms with Crippen molar-refractivity contribution >= 4 is 12.2 Å². The van der Waals surface area contributed by atoms with Gasteiger partial charge in [0, 0.05) is 5.41 Å². The summed E-state index contributed by atoms with van der Waals surface area (Å²) in [6.45, 7) is 16.2. The zero-order valence-electron chi connectivity index (χ0n) is 12.9. The van der Waals surface area contributed by atoms with Gasteiger partial charge in [-0.1, -0.05) is 86.0 Å². The molecule has 0 saturated carbocycles. The van der Waals surface area contributed by atoms with E-state index in [4.69, 9.17) is 0 Å². The van der Waals surface area contributed by atoms with Crippen molar-refractivity contribution in [2.24, 2.45) is 0 Å². The van der Waals surface area contributed by atoms with Gasteiger partial charge in [-0.25, -0.2) is 0 Å². The lowest BCUT2D eigenvalue weighted by molar-refractivity contribution is 0.676. The molecule has 0 amide bonds. The maximum absolute atomic E-state index is 4.22. The second-order valence-electron chi connectivity index (χ2n) is 5.56. The zero-order valence-corrected chi connectivity index (χ0v) is 12.9. The van der Waals surface area contributed by atoms with Gasteiger partial charge in [0.05, 0.1) is 0 Å². The van der Waals surface area contributed by atoms with Crippen LogP contribution in [-0.2, 0) is 5.41 Å². The molecule has 2 rings (SSSR count). The van der Waals surface area contributed by atoms with Crippen molar-refractivity contribution in [2.75, 3.05) is 0 Å². The summed E-state index contributed by atoms with van der Waals surface area (Å²) in [4.78, 5) is 0. The summed E-state index contributed by atoms with van der Waals surface area (Å²) >= 11 is 0. The quantitative estimate of drug-likeness (QED) is 0.599. The molecular formula is C21H22. The predicted molar refractivity (Wildman–Crippen MR) is 94.3 cm³/mol. The van der Waals surface area contributed by atoms with E-state index in [1.807, 2.05) is 12.2 Å². The third-order valence-electron chi connectivity index (χ3n) is 4.30. The predicted octanol–water partition coefficient (Wildman–Crippen LogP) is 5.85. The molecule has 0 radical (unpaired) electrons. The van der Waals surface area contributed by atoms with Crippen LogP contribution >= 0.6 is 0 Å². The maximum Gasteiger partial charge on any atom is 0.0377 e. The van der Waals surface area contributed by atoms with Crippen LogP contribution in [-0.4, -0.2) is 0 Å². The van der Waals surface area contributed by atoms with Crippen molar-refractivity contribution in [2.45, 2.75) is 19.3 Å². The lowest BCUT2D eigenvalue weighted by atomic mass is 9.71. The molecular weight excluding hydrogens is 252 g/mol. The van der Waals surface area contributed by atoms with Crippen LogP contribution in [0.25, 0.3) is 12.2 Å². The maximum atomic E-state index is 4.22. The summed E-state index contributed by atoms with van der Waals surface area (Å²) in [7, 11) is 0. The fourth-order valence-corrected chi connectivity index (χ4v) is 2.56. The molecule has 2 aromatic rings. The Balaban J connectivity index is 2.54. The number of hydrogen-bond acceptors (Lipinski definition) is 0. The topological polar surface area (TPSA) is 0 Å². The Morgan fingerprint density at radius 2 is 1.14 bits per heavy atom. The molecule has 106 valence electrons. The molecule has 21 heavy (non-hydrogen) atoms. The van der Waals surface area contributed by atoms with Crippen molar-refractivity contribution in [1.29, 1.82) is 0 Å². The first-order valence-corrected chi connectivity index (χ1v) is 7.14. The highest BCUT2D eigenvalue weighted by Gasteiger charge is 2.29. The summed E-state index contributed by atoms with van der Waals surface area (Å²) in [5.41, 5.74) is 5.67. The van der Waals surface area contributed by atoms with Gasteiger partial charge in [-0.05, 0) is 36.1 Å². The third kappa shape index (κ3) is 2.75. The Hall–Kier alpha value is -2.34. The Morgan fingerprint density at radius 1 is 0.810 bits per heavy atom. The second-order valence-corrected chi connectivity index (χ2v) is 5.56. The van der Waals surface area contributed by atoms with Crippen LogP contribution in [0.1, 0.15) is 36.1 Å². The van der Waals surface area contributed by atoms with Crippen LogP contribution in [0.15, 0.2) is 73.8 Å². The first-order valence-electron chi connectivity index (χ1n) is 7.14. The monoisotopic (exact) mass is 274 g/mol. The van der Waals surface area contributed by atoms with Gasteiger partial charge in [-0.3, -0.25) is 0 Å². The average molecular weight is 274 g/mol. The van der Waals surface area contributed by atoms with Crippen molar-refractivity contribution in [3.8, 4) is 0 Å². The average Bonchev–Trinajstić information content (AvgIpc) is 2.54. The van der Waals surface area contributed by atoms with E-state index in [-0.39, 0.29) is 5.41 Å². The van der Waals surface area contributed by atoms with Crippen molar-refractivity contribution in [3.05, 3.63) is 96.1 Å². The van der Waals surface area contributed by atoms with Crippen LogP contribution in [0.3, 0.4) is 0 Å². The summed E-state index contributed by atoms with van der Waals surface area (Å²) in [5, 5.41) is 0. The number of hydrogen-bond donors (Lipinski definition) is 0. The van der Waals surface area contributed by atoms with E-state index in [9.17, 15) is 0 Å². The van der Waals surface area contributed by atoms with Gasteiger partial charge in [0.1, 0.15) is 0 Å². The van der Waals surface area contributed by atoms with E-state index >= 15 is 0 Å². The molecule has 0 heteroatoms. The van der Waals surface area contributed by atoms with Crippen LogP contribution in [0.2, 0.25) is 0 Å². The molecule has 0 fully saturated rings.